The fourth-order valence-electron chi connectivity index (χ4n) is 3.64. The van der Waals surface area contributed by atoms with Crippen molar-refractivity contribution in [3.8, 4) is 0 Å². The van der Waals surface area contributed by atoms with Gasteiger partial charge in [-0.15, -0.1) is 0 Å². The first kappa shape index (κ1) is 35.0. The summed E-state index contributed by atoms with van der Waals surface area (Å²) < 4.78 is 26.0. The number of aliphatic hydroxyl groups excluding tert-OH is 1. The zero-order chi connectivity index (χ0) is 27.2. The molecule has 0 saturated carbocycles. The lowest BCUT2D eigenvalue weighted by Crippen LogP contribution is -2.41. The van der Waals surface area contributed by atoms with Crippen molar-refractivity contribution < 1.29 is 43.0 Å². The highest BCUT2D eigenvalue weighted by atomic mass is 31.2. The molecule has 0 aliphatic carbocycles. The van der Waals surface area contributed by atoms with E-state index in [0.717, 1.165) is 12.8 Å². The van der Waals surface area contributed by atoms with Crippen LogP contribution in [0.3, 0.4) is 0 Å². The zero-order valence-corrected chi connectivity index (χ0v) is 23.2. The Kier molecular flexibility index (Phi) is 21.4. The lowest BCUT2D eigenvalue weighted by Gasteiger charge is -2.21. The first-order chi connectivity index (χ1) is 17.1. The quantitative estimate of drug-likeness (QED) is 0.0697. The van der Waals surface area contributed by atoms with Crippen LogP contribution in [0, 0.1) is 0 Å². The Labute approximate surface area is 216 Å². The summed E-state index contributed by atoms with van der Waals surface area (Å²) >= 11 is 0. The summed E-state index contributed by atoms with van der Waals surface area (Å²) in [5, 5.41) is 18.6. The largest absolute Gasteiger partial charge is 0.480 e. The predicted molar refractivity (Wildman–Crippen MR) is 138 cm³/mol. The number of aliphatic carboxylic acids is 1. The van der Waals surface area contributed by atoms with Crippen LogP contribution in [-0.4, -0.2) is 58.5 Å². The number of unbranched alkanes of at least 4 members (excludes halogenated alkanes) is 14. The smallest absolute Gasteiger partial charge is 0.472 e. The molecule has 0 aliphatic rings. The molecule has 0 aromatic carbocycles. The minimum absolute atomic E-state index is 0.248. The molecule has 0 saturated heterocycles. The van der Waals surface area contributed by atoms with E-state index in [-0.39, 0.29) is 13.0 Å². The van der Waals surface area contributed by atoms with Crippen molar-refractivity contribution in [2.45, 2.75) is 135 Å². The number of esters is 1. The van der Waals surface area contributed by atoms with Gasteiger partial charge in [0.2, 0.25) is 0 Å². The Balaban J connectivity index is 3.64. The van der Waals surface area contributed by atoms with Gasteiger partial charge in [0.1, 0.15) is 18.8 Å². The maximum absolute atomic E-state index is 11.8. The highest BCUT2D eigenvalue weighted by Gasteiger charge is 2.31. The molecule has 1 unspecified atom stereocenters. The lowest BCUT2D eigenvalue weighted by atomic mass is 10.0. The lowest BCUT2D eigenvalue weighted by molar-refractivity contribution is -0.147. The summed E-state index contributed by atoms with van der Waals surface area (Å²) in [7, 11) is -4.63. The molecule has 0 fully saturated rings. The van der Waals surface area contributed by atoms with Crippen LogP contribution in [0.2, 0.25) is 0 Å². The molecule has 10 nitrogen and oxygen atoms in total. The molecule has 4 atom stereocenters. The number of phosphoric ester groups is 1. The number of hydrogen-bond donors (Lipinski definition) is 4. The van der Waals surface area contributed by atoms with E-state index in [0.29, 0.717) is 6.42 Å². The molecule has 0 aliphatic heterocycles. The minimum Gasteiger partial charge on any atom is -0.480 e. The van der Waals surface area contributed by atoms with Gasteiger partial charge >= 0.3 is 19.8 Å². The second-order valence-corrected chi connectivity index (χ2v) is 10.9. The molecule has 0 aromatic rings. The maximum atomic E-state index is 11.8. The molecular formula is C25H50NO9P. The van der Waals surface area contributed by atoms with Crippen LogP contribution in [-0.2, 0) is 27.9 Å². The molecular weight excluding hydrogens is 489 g/mol. The van der Waals surface area contributed by atoms with Crippen LogP contribution in [0.15, 0.2) is 0 Å². The monoisotopic (exact) mass is 539 g/mol. The first-order valence-corrected chi connectivity index (χ1v) is 15.1. The van der Waals surface area contributed by atoms with Crippen molar-refractivity contribution >= 4 is 19.8 Å². The summed E-state index contributed by atoms with van der Waals surface area (Å²) in [5.74, 6) is -1.85. The van der Waals surface area contributed by atoms with Crippen molar-refractivity contribution in [2.75, 3.05) is 13.2 Å². The van der Waals surface area contributed by atoms with Gasteiger partial charge in [-0.25, -0.2) is 4.57 Å². The zero-order valence-electron chi connectivity index (χ0n) is 22.3. The van der Waals surface area contributed by atoms with Crippen molar-refractivity contribution in [1.82, 2.24) is 0 Å². The van der Waals surface area contributed by atoms with Gasteiger partial charge in [0, 0.05) is 6.42 Å². The Morgan fingerprint density at radius 2 is 1.28 bits per heavy atom. The number of phosphoric acid groups is 1. The van der Waals surface area contributed by atoms with Gasteiger partial charge in [0.15, 0.2) is 0 Å². The number of rotatable bonds is 25. The minimum atomic E-state index is -4.63. The Morgan fingerprint density at radius 1 is 0.833 bits per heavy atom. The first-order valence-electron chi connectivity index (χ1n) is 13.6. The molecule has 0 bridgehead atoms. The third kappa shape index (κ3) is 21.1. The van der Waals surface area contributed by atoms with Gasteiger partial charge < -0.3 is 25.6 Å². The van der Waals surface area contributed by atoms with E-state index >= 15 is 0 Å². The van der Waals surface area contributed by atoms with E-state index in [1.54, 1.807) is 0 Å². The van der Waals surface area contributed by atoms with Crippen molar-refractivity contribution in [3.63, 3.8) is 0 Å². The van der Waals surface area contributed by atoms with Gasteiger partial charge in [-0.05, 0) is 13.3 Å². The number of carbonyl (C=O) groups is 2. The Hall–Kier alpha value is -1.03. The summed E-state index contributed by atoms with van der Waals surface area (Å²) in [4.78, 5) is 32.1. The van der Waals surface area contributed by atoms with Gasteiger partial charge in [0.25, 0.3) is 0 Å². The Bertz CT molecular complexity index is 620. The molecule has 36 heavy (non-hydrogen) atoms. The predicted octanol–water partition coefficient (Wildman–Crippen LogP) is 5.09. The van der Waals surface area contributed by atoms with Crippen molar-refractivity contribution in [3.05, 3.63) is 0 Å². The summed E-state index contributed by atoms with van der Waals surface area (Å²) in [6.07, 6.45) is 16.2. The van der Waals surface area contributed by atoms with Gasteiger partial charge in [-0.2, -0.15) is 0 Å². The van der Waals surface area contributed by atoms with Crippen LogP contribution >= 0.6 is 7.82 Å². The molecule has 0 aromatic heterocycles. The molecule has 214 valence electrons. The van der Waals surface area contributed by atoms with Gasteiger partial charge in [-0.3, -0.25) is 18.6 Å². The number of carboxylic acids is 1. The molecule has 11 heteroatoms. The van der Waals surface area contributed by atoms with E-state index in [2.05, 4.69) is 16.0 Å². The van der Waals surface area contributed by atoms with Crippen molar-refractivity contribution in [1.29, 1.82) is 0 Å². The SMILES string of the molecule is CCCCCCCCCCCCCCCCCC(=O)OC[C@@H](O)COP(=O)(O)O[C@@H](C)[C@H](N)C(=O)O. The van der Waals surface area contributed by atoms with Gasteiger partial charge in [-0.1, -0.05) is 96.8 Å². The van der Waals surface area contributed by atoms with E-state index in [1.807, 2.05) is 0 Å². The number of aliphatic hydroxyl groups is 1. The van der Waals surface area contributed by atoms with Crippen molar-refractivity contribution in [2.24, 2.45) is 5.73 Å². The summed E-state index contributed by atoms with van der Waals surface area (Å²) in [5.41, 5.74) is 5.30. The average Bonchev–Trinajstić information content (AvgIpc) is 2.83. The topological polar surface area (TPSA) is 166 Å². The van der Waals surface area contributed by atoms with Crippen LogP contribution in [0.4, 0.5) is 0 Å². The normalized spacial score (nSPS) is 15.7. The second-order valence-electron chi connectivity index (χ2n) is 9.48. The number of nitrogens with two attached hydrogens (primary N) is 1. The number of hydrogen-bond acceptors (Lipinski definition) is 8. The summed E-state index contributed by atoms with van der Waals surface area (Å²) in [6.45, 7) is 2.44. The molecule has 5 N–H and O–H groups in total. The van der Waals surface area contributed by atoms with E-state index in [1.165, 1.54) is 84.0 Å². The Morgan fingerprint density at radius 3 is 1.72 bits per heavy atom. The fraction of sp³-hybridized carbons (Fsp3) is 0.920. The highest BCUT2D eigenvalue weighted by Crippen LogP contribution is 2.44. The summed E-state index contributed by atoms with van der Waals surface area (Å²) in [6, 6.07) is -1.51. The van der Waals surface area contributed by atoms with Crippen LogP contribution in [0.25, 0.3) is 0 Å². The average molecular weight is 540 g/mol. The van der Waals surface area contributed by atoms with Crippen LogP contribution in [0.1, 0.15) is 117 Å². The third-order valence-corrected chi connectivity index (χ3v) is 7.02. The molecule has 0 amide bonds. The fourth-order valence-corrected chi connectivity index (χ4v) is 4.61. The van der Waals surface area contributed by atoms with Gasteiger partial charge in [0.05, 0.1) is 12.7 Å². The second kappa shape index (κ2) is 22.0. The maximum Gasteiger partial charge on any atom is 0.472 e. The number of ether oxygens (including phenoxy) is 1. The molecule has 0 spiro atoms. The third-order valence-electron chi connectivity index (χ3n) is 5.94. The van der Waals surface area contributed by atoms with Crippen LogP contribution < -0.4 is 5.73 Å². The molecule has 0 radical (unpaired) electrons. The number of carbonyl (C=O) groups excluding carboxylic acids is 1. The van der Waals surface area contributed by atoms with E-state index in [9.17, 15) is 24.2 Å². The number of carboxylic acid groups (broad SMARTS) is 1. The van der Waals surface area contributed by atoms with E-state index < -0.39 is 44.6 Å². The standard InChI is InChI=1S/C25H50NO9P/c1-3-4-5-6-7-8-9-10-11-12-13-14-15-16-17-18-23(28)33-19-22(27)20-34-36(31,32)35-21(2)24(26)25(29)30/h21-22,24,27H,3-20,26H2,1-2H3,(H,29,30)(H,31,32)/t21-,22+,24-/m0/s1. The molecule has 0 rings (SSSR count). The van der Waals surface area contributed by atoms with E-state index in [4.69, 9.17) is 15.6 Å². The molecule has 0 heterocycles. The van der Waals surface area contributed by atoms with Crippen LogP contribution in [0.5, 0.6) is 0 Å². The highest BCUT2D eigenvalue weighted by molar-refractivity contribution is 7.47.